The second kappa shape index (κ2) is 11.6. The topological polar surface area (TPSA) is 177 Å². The highest BCUT2D eigenvalue weighted by atomic mass is 16.3. The van der Waals surface area contributed by atoms with Gasteiger partial charge in [-0.15, -0.1) is 0 Å². The first-order valence-corrected chi connectivity index (χ1v) is 14.4. The van der Waals surface area contributed by atoms with E-state index in [4.69, 9.17) is 5.73 Å². The molecule has 0 saturated heterocycles. The number of nitrogens with zero attached hydrogens (tertiary/aromatic N) is 2. The number of carbonyl (C=O) groups excluding carboxylic acids is 3. The van der Waals surface area contributed by atoms with E-state index < -0.39 is 58.0 Å². The van der Waals surface area contributed by atoms with Gasteiger partial charge in [0.05, 0.1) is 11.6 Å². The van der Waals surface area contributed by atoms with E-state index in [2.05, 4.69) is 5.32 Å². The summed E-state index contributed by atoms with van der Waals surface area (Å²) < 4.78 is 0. The van der Waals surface area contributed by atoms with Gasteiger partial charge in [-0.3, -0.25) is 19.3 Å². The van der Waals surface area contributed by atoms with E-state index in [9.17, 15) is 34.8 Å². The molecule has 0 spiro atoms. The van der Waals surface area contributed by atoms with Crippen molar-refractivity contribution in [1.82, 2.24) is 10.2 Å². The number of phenols is 1. The van der Waals surface area contributed by atoms with Crippen molar-refractivity contribution >= 4 is 35.0 Å². The molecule has 0 radical (unpaired) electrons. The Balaban J connectivity index is 1.56. The lowest BCUT2D eigenvalue weighted by Gasteiger charge is -2.50. The van der Waals surface area contributed by atoms with Gasteiger partial charge in [0.1, 0.15) is 22.8 Å². The minimum Gasteiger partial charge on any atom is -0.508 e. The van der Waals surface area contributed by atoms with Crippen LogP contribution in [0.15, 0.2) is 59.4 Å². The van der Waals surface area contributed by atoms with Crippen LogP contribution in [0.5, 0.6) is 5.75 Å². The molecule has 5 rings (SSSR count). The van der Waals surface area contributed by atoms with Gasteiger partial charge in [-0.2, -0.15) is 0 Å². The molecule has 1 fully saturated rings. The average molecular weight is 603 g/mol. The normalized spacial score (nSPS) is 24.9. The van der Waals surface area contributed by atoms with Crippen molar-refractivity contribution in [3.05, 3.63) is 81.6 Å². The molecule has 44 heavy (non-hydrogen) atoms. The summed E-state index contributed by atoms with van der Waals surface area (Å²) in [5.41, 5.74) is 4.68. The van der Waals surface area contributed by atoms with Crippen molar-refractivity contribution in [1.29, 1.82) is 0 Å². The van der Waals surface area contributed by atoms with Crippen molar-refractivity contribution < 1.29 is 34.8 Å². The van der Waals surface area contributed by atoms with Crippen molar-refractivity contribution in [3.63, 3.8) is 0 Å². The van der Waals surface area contributed by atoms with Crippen molar-refractivity contribution in [2.24, 2.45) is 17.6 Å². The van der Waals surface area contributed by atoms with Crippen LogP contribution in [-0.2, 0) is 27.3 Å². The molecule has 7 N–H and O–H groups in total. The third kappa shape index (κ3) is 4.86. The molecule has 2 aromatic carbocycles. The van der Waals surface area contributed by atoms with E-state index in [1.165, 1.54) is 4.90 Å². The van der Waals surface area contributed by atoms with E-state index in [0.717, 1.165) is 11.3 Å². The maximum Gasteiger partial charge on any atom is 0.255 e. The molecule has 2 aromatic rings. The number of carbonyl (C=O) groups is 3. The molecule has 4 atom stereocenters. The van der Waals surface area contributed by atoms with Crippen LogP contribution >= 0.6 is 0 Å². The third-order valence-corrected chi connectivity index (χ3v) is 8.95. The zero-order valence-corrected chi connectivity index (χ0v) is 25.2. The number of ketones is 2. The highest BCUT2D eigenvalue weighted by Crippen LogP contribution is 2.54. The Morgan fingerprint density at radius 3 is 2.41 bits per heavy atom. The summed E-state index contributed by atoms with van der Waals surface area (Å²) in [4.78, 5) is 42.9. The van der Waals surface area contributed by atoms with Crippen LogP contribution in [0.3, 0.4) is 0 Å². The second-order valence-electron chi connectivity index (χ2n) is 12.1. The molecule has 0 aromatic heterocycles. The Kier molecular flexibility index (Phi) is 8.15. The number of rotatable bonds is 8. The summed E-state index contributed by atoms with van der Waals surface area (Å²) in [7, 11) is 6.82. The van der Waals surface area contributed by atoms with Gasteiger partial charge >= 0.3 is 0 Å². The Hall–Kier alpha value is -4.45. The Labute approximate surface area is 255 Å². The lowest BCUT2D eigenvalue weighted by atomic mass is 9.57. The predicted octanol–water partition coefficient (Wildman–Crippen LogP) is 1.83. The van der Waals surface area contributed by atoms with Crippen molar-refractivity contribution in [2.45, 2.75) is 31.0 Å². The van der Waals surface area contributed by atoms with Crippen LogP contribution < -0.4 is 16.0 Å². The fourth-order valence-electron chi connectivity index (χ4n) is 6.93. The van der Waals surface area contributed by atoms with Gasteiger partial charge in [0.15, 0.2) is 11.4 Å². The number of phenolic OH excluding ortho intramolecular Hbond substituents is 1. The third-order valence-electron chi connectivity index (χ3n) is 8.95. The number of aromatic hydroxyl groups is 1. The number of hydrogen-bond acceptors (Lipinski definition) is 10. The van der Waals surface area contributed by atoms with Gasteiger partial charge in [0, 0.05) is 49.9 Å². The lowest BCUT2D eigenvalue weighted by Crippen LogP contribution is -2.65. The highest BCUT2D eigenvalue weighted by Gasteiger charge is 2.64. The number of nitrogens with one attached hydrogen (secondary N) is 1. The van der Waals surface area contributed by atoms with Crippen molar-refractivity contribution in [3.8, 4) is 5.75 Å². The summed E-state index contributed by atoms with van der Waals surface area (Å²) in [6, 6.07) is 10.5. The summed E-state index contributed by atoms with van der Waals surface area (Å²) in [6.45, 7) is 0.757. The summed E-state index contributed by atoms with van der Waals surface area (Å²) in [6.07, 6.45) is 4.19. The number of benzene rings is 2. The maximum atomic E-state index is 14.1. The monoisotopic (exact) mass is 602 g/mol. The smallest absolute Gasteiger partial charge is 0.255 e. The number of likely N-dealkylation sites (N-methyl/N-ethyl adjacent to an activating group) is 1. The lowest BCUT2D eigenvalue weighted by molar-refractivity contribution is -0.153. The number of primary amides is 1. The SMILES string of the molecule is CN(C)c1cc(CNC/C=C/c2ccccc2)c(O)c2c1C[C@H]1C[C@H]3[C@H](N(C)C)C(=O)C(C(N)=O)=C(O)[C@@]3(O)C(=O)C1=C2O. The van der Waals surface area contributed by atoms with Crippen LogP contribution in [0, 0.1) is 11.8 Å². The number of hydrogen-bond donors (Lipinski definition) is 6. The molecule has 0 heterocycles. The first-order chi connectivity index (χ1) is 20.8. The second-order valence-corrected chi connectivity index (χ2v) is 12.1. The summed E-state index contributed by atoms with van der Waals surface area (Å²) >= 11 is 0. The Morgan fingerprint density at radius 2 is 1.80 bits per heavy atom. The predicted molar refractivity (Wildman–Crippen MR) is 166 cm³/mol. The molecule has 3 aliphatic carbocycles. The van der Waals surface area contributed by atoms with Gasteiger partial charge in [0.25, 0.3) is 5.91 Å². The highest BCUT2D eigenvalue weighted by molar-refractivity contribution is 6.24. The average Bonchev–Trinajstić information content (AvgIpc) is 2.95. The number of anilines is 1. The van der Waals surface area contributed by atoms with E-state index >= 15 is 0 Å². The minimum atomic E-state index is -2.67. The molecule has 3 aliphatic rings. The van der Waals surface area contributed by atoms with Gasteiger partial charge < -0.3 is 36.4 Å². The molecule has 11 heteroatoms. The number of nitrogens with two attached hydrogens (primary N) is 1. The molecule has 1 amide bonds. The number of Topliss-reactive ketones (excluding diaryl/α,β-unsaturated/α-hetero) is 2. The molecule has 0 bridgehead atoms. The van der Waals surface area contributed by atoms with E-state index in [1.807, 2.05) is 67.5 Å². The number of aliphatic hydroxyl groups is 3. The zero-order chi connectivity index (χ0) is 32.1. The standard InChI is InChI=1S/C33H38N4O7/c1-36(2)22-15-19(16-35-12-8-11-17-9-6-5-7-10-17)27(38)24-20(22)13-18-14-21-26(37(3)4)29(40)25(32(34)43)31(42)33(21,44)30(41)23(18)28(24)39/h5-11,15,18,21,26,35,38-39,42,44H,12-14,16H2,1-4H3,(H2,34,43)/b11-8+/t18-,21-,26-,33-/m0/s1. The van der Waals surface area contributed by atoms with Gasteiger partial charge in [-0.25, -0.2) is 0 Å². The van der Waals surface area contributed by atoms with E-state index in [-0.39, 0.29) is 36.3 Å². The van der Waals surface area contributed by atoms with Gasteiger partial charge in [0.2, 0.25) is 5.78 Å². The van der Waals surface area contributed by atoms with Crippen LogP contribution in [0.4, 0.5) is 5.69 Å². The van der Waals surface area contributed by atoms with E-state index in [0.29, 0.717) is 17.7 Å². The first kappa shape index (κ1) is 31.0. The van der Waals surface area contributed by atoms with Crippen LogP contribution in [0.1, 0.15) is 28.7 Å². The van der Waals surface area contributed by atoms with Crippen molar-refractivity contribution in [2.75, 3.05) is 39.6 Å². The molecule has 11 nitrogen and oxygen atoms in total. The molecule has 0 aliphatic heterocycles. The minimum absolute atomic E-state index is 0.0381. The Morgan fingerprint density at radius 1 is 1.11 bits per heavy atom. The molecule has 232 valence electrons. The molecular weight excluding hydrogens is 564 g/mol. The molecular formula is C33H38N4O7. The zero-order valence-electron chi connectivity index (χ0n) is 25.2. The number of fused-ring (bicyclic) bond motifs is 3. The van der Waals surface area contributed by atoms with Gasteiger partial charge in [-0.05, 0) is 50.0 Å². The fourth-order valence-corrected chi connectivity index (χ4v) is 6.93. The quantitative estimate of drug-likeness (QED) is 0.193. The van der Waals surface area contributed by atoms with E-state index in [1.54, 1.807) is 14.1 Å². The molecule has 1 saturated carbocycles. The number of aliphatic hydroxyl groups excluding tert-OH is 2. The summed E-state index contributed by atoms with van der Waals surface area (Å²) in [5.74, 6) is -6.65. The number of amides is 1. The van der Waals surface area contributed by atoms with Crippen LogP contribution in [0.2, 0.25) is 0 Å². The molecule has 0 unspecified atom stereocenters. The largest absolute Gasteiger partial charge is 0.508 e. The fraction of sp³-hybridized carbons (Fsp3) is 0.364. The van der Waals surface area contributed by atoms with Crippen LogP contribution in [0.25, 0.3) is 11.8 Å². The maximum absolute atomic E-state index is 14.1. The summed E-state index contributed by atoms with van der Waals surface area (Å²) in [5, 5.41) is 49.2. The Bertz CT molecular complexity index is 1630. The van der Waals surface area contributed by atoms with Crippen LogP contribution in [-0.4, -0.2) is 89.2 Å². The van der Waals surface area contributed by atoms with Gasteiger partial charge in [-0.1, -0.05) is 42.5 Å². The first-order valence-electron chi connectivity index (χ1n) is 14.4.